The average molecular weight is 749 g/mol. The van der Waals surface area contributed by atoms with E-state index in [1.54, 1.807) is 60.7 Å². The molecule has 3 rings (SSSR count). The molecule has 3 aromatic rings. The van der Waals surface area contributed by atoms with E-state index in [9.17, 15) is 32.3 Å². The Morgan fingerprint density at radius 1 is 0.837 bits per heavy atom. The fourth-order valence-electron chi connectivity index (χ4n) is 5.02. The number of alkyl halides is 5. The molecule has 3 aromatic carbocycles. The van der Waals surface area contributed by atoms with E-state index in [1.807, 2.05) is 0 Å². The van der Waals surface area contributed by atoms with Gasteiger partial charge in [0.1, 0.15) is 24.4 Å². The molecule has 0 saturated carbocycles. The number of amides is 3. The van der Waals surface area contributed by atoms with Gasteiger partial charge in [0.05, 0.1) is 16.5 Å². The molecule has 3 amide bonds. The Kier molecular flexibility index (Phi) is 13.6. The van der Waals surface area contributed by atoms with E-state index in [-0.39, 0.29) is 24.2 Å². The molecule has 0 heterocycles. The van der Waals surface area contributed by atoms with Gasteiger partial charge in [-0.05, 0) is 46.9 Å². The second kappa shape index (κ2) is 16.8. The van der Waals surface area contributed by atoms with Gasteiger partial charge in [-0.15, -0.1) is 0 Å². The summed E-state index contributed by atoms with van der Waals surface area (Å²) in [5, 5.41) is 6.95. The number of benzene rings is 3. The number of nitrogens with one attached hydrogen (secondary N) is 3. The Morgan fingerprint density at radius 2 is 1.47 bits per heavy atom. The molecular formula is C34H33Cl3F5N3O4. The molecule has 0 aliphatic carbocycles. The van der Waals surface area contributed by atoms with Gasteiger partial charge in [0.2, 0.25) is 11.8 Å². The molecule has 3 atom stereocenters. The van der Waals surface area contributed by atoms with Crippen molar-refractivity contribution in [2.45, 2.75) is 62.7 Å². The van der Waals surface area contributed by atoms with Gasteiger partial charge in [-0.3, -0.25) is 14.4 Å². The van der Waals surface area contributed by atoms with Gasteiger partial charge in [-0.25, -0.2) is 0 Å². The third-order valence-electron chi connectivity index (χ3n) is 7.83. The normalized spacial score (nSPS) is 14.3. The fraction of sp³-hybridized carbons (Fsp3) is 0.353. The van der Waals surface area contributed by atoms with Crippen LogP contribution in [0.3, 0.4) is 0 Å². The van der Waals surface area contributed by atoms with Gasteiger partial charge in [0.15, 0.2) is 0 Å². The molecule has 3 N–H and O–H groups in total. The van der Waals surface area contributed by atoms with E-state index in [4.69, 9.17) is 34.8 Å². The number of halogens is 8. The minimum atomic E-state index is -4.97. The molecule has 264 valence electrons. The Bertz CT molecular complexity index is 1630. The zero-order valence-electron chi connectivity index (χ0n) is 26.2. The Morgan fingerprint density at radius 3 is 2.02 bits per heavy atom. The minimum absolute atomic E-state index is 0.0113. The zero-order valence-corrected chi connectivity index (χ0v) is 28.5. The van der Waals surface area contributed by atoms with Crippen molar-refractivity contribution in [3.05, 3.63) is 105 Å². The van der Waals surface area contributed by atoms with E-state index in [0.717, 1.165) is 10.9 Å². The molecule has 1 unspecified atom stereocenters. The van der Waals surface area contributed by atoms with Crippen LogP contribution in [0.1, 0.15) is 49.3 Å². The van der Waals surface area contributed by atoms with E-state index < -0.39 is 66.2 Å². The van der Waals surface area contributed by atoms with Crippen molar-refractivity contribution in [2.75, 3.05) is 6.54 Å². The van der Waals surface area contributed by atoms with Crippen LogP contribution in [-0.2, 0) is 25.6 Å². The monoisotopic (exact) mass is 747 g/mol. The fourth-order valence-corrected chi connectivity index (χ4v) is 5.45. The van der Waals surface area contributed by atoms with Crippen LogP contribution in [0.25, 0.3) is 0 Å². The van der Waals surface area contributed by atoms with Gasteiger partial charge in [-0.2, -0.15) is 22.0 Å². The van der Waals surface area contributed by atoms with Crippen LogP contribution in [0, 0.1) is 5.92 Å². The first-order valence-electron chi connectivity index (χ1n) is 14.9. The molecule has 0 bridgehead atoms. The maximum Gasteiger partial charge on any atom is 0.405 e. The third kappa shape index (κ3) is 11.4. The largest absolute Gasteiger partial charge is 0.405 e. The summed E-state index contributed by atoms with van der Waals surface area (Å²) in [4.78, 5) is 51.9. The Labute approximate surface area is 294 Å². The summed E-state index contributed by atoms with van der Waals surface area (Å²) in [6.45, 7) is 0.602. The minimum Gasteiger partial charge on any atom is -0.344 e. The first kappa shape index (κ1) is 39.7. The molecule has 0 aromatic heterocycles. The smallest absolute Gasteiger partial charge is 0.344 e. The highest BCUT2D eigenvalue weighted by molar-refractivity contribution is 6.42. The predicted molar refractivity (Wildman–Crippen MR) is 177 cm³/mol. The SMILES string of the molecule is CC(C)[C@](C=O)(CC(F)(F)C(=O)NCC(F)(F)F)NC(=O)[C@H](Cc1ccc(Cl)cc1)NC(=O)CC(c1ccccc1)c1ccc(Cl)c(Cl)c1. The molecule has 49 heavy (non-hydrogen) atoms. The van der Waals surface area contributed by atoms with Crippen molar-refractivity contribution >= 4 is 58.8 Å². The molecule has 0 aliphatic rings. The average Bonchev–Trinajstić information content (AvgIpc) is 3.03. The summed E-state index contributed by atoms with van der Waals surface area (Å²) in [6, 6.07) is 18.6. The summed E-state index contributed by atoms with van der Waals surface area (Å²) >= 11 is 18.4. The first-order chi connectivity index (χ1) is 22.9. The van der Waals surface area contributed by atoms with Crippen LogP contribution in [0.5, 0.6) is 0 Å². The van der Waals surface area contributed by atoms with Crippen LogP contribution in [-0.4, -0.2) is 54.2 Å². The van der Waals surface area contributed by atoms with Gasteiger partial charge in [0, 0.05) is 23.8 Å². The van der Waals surface area contributed by atoms with E-state index in [1.165, 1.54) is 26.0 Å². The Hall–Kier alpha value is -3.74. The van der Waals surface area contributed by atoms with Crippen molar-refractivity contribution in [3.8, 4) is 0 Å². The predicted octanol–water partition coefficient (Wildman–Crippen LogP) is 7.31. The van der Waals surface area contributed by atoms with Gasteiger partial charge < -0.3 is 20.7 Å². The van der Waals surface area contributed by atoms with Gasteiger partial charge in [-0.1, -0.05) is 97.2 Å². The number of aldehydes is 1. The molecule has 0 saturated heterocycles. The first-order valence-corrected chi connectivity index (χ1v) is 16.0. The zero-order chi connectivity index (χ0) is 36.6. The van der Waals surface area contributed by atoms with E-state index >= 15 is 8.78 Å². The lowest BCUT2D eigenvalue weighted by atomic mass is 9.81. The van der Waals surface area contributed by atoms with E-state index in [0.29, 0.717) is 21.2 Å². The summed E-state index contributed by atoms with van der Waals surface area (Å²) in [7, 11) is 0. The van der Waals surface area contributed by atoms with Crippen molar-refractivity contribution in [1.29, 1.82) is 0 Å². The number of carbonyl (C=O) groups excluding carboxylic acids is 4. The topological polar surface area (TPSA) is 104 Å². The molecule has 0 fully saturated rings. The molecule has 0 aliphatic heterocycles. The molecular weight excluding hydrogens is 716 g/mol. The highest BCUT2D eigenvalue weighted by Crippen LogP contribution is 2.34. The lowest BCUT2D eigenvalue weighted by Gasteiger charge is -2.37. The molecule has 0 radical (unpaired) electrons. The Balaban J connectivity index is 1.93. The van der Waals surface area contributed by atoms with Gasteiger partial charge >= 0.3 is 12.1 Å². The number of carbonyl (C=O) groups is 4. The maximum atomic E-state index is 15.0. The lowest BCUT2D eigenvalue weighted by Crippen LogP contribution is -2.62. The summed E-state index contributed by atoms with van der Waals surface area (Å²) in [5.74, 6) is -10.1. The van der Waals surface area contributed by atoms with Crippen LogP contribution >= 0.6 is 34.8 Å². The maximum absolute atomic E-state index is 15.0. The van der Waals surface area contributed by atoms with Gasteiger partial charge in [0.25, 0.3) is 5.91 Å². The summed E-state index contributed by atoms with van der Waals surface area (Å²) < 4.78 is 67.8. The van der Waals surface area contributed by atoms with Crippen molar-refractivity contribution < 1.29 is 41.1 Å². The molecule has 15 heteroatoms. The summed E-state index contributed by atoms with van der Waals surface area (Å²) in [5.41, 5.74) is -0.543. The number of rotatable bonds is 15. The van der Waals surface area contributed by atoms with Crippen LogP contribution in [0.4, 0.5) is 22.0 Å². The van der Waals surface area contributed by atoms with Crippen molar-refractivity contribution in [1.82, 2.24) is 16.0 Å². The molecule has 0 spiro atoms. The van der Waals surface area contributed by atoms with Crippen LogP contribution in [0.15, 0.2) is 72.8 Å². The van der Waals surface area contributed by atoms with E-state index in [2.05, 4.69) is 10.6 Å². The second-order valence-corrected chi connectivity index (χ2v) is 13.0. The van der Waals surface area contributed by atoms with Crippen LogP contribution in [0.2, 0.25) is 15.1 Å². The number of hydrogen-bond acceptors (Lipinski definition) is 4. The standard InChI is InChI=1S/C34H33Cl3F5N3O4/c1-20(2)32(19-46,17-33(38,39)31(49)43-18-34(40,41)42)45-30(48)28(14-21-8-11-24(35)12-9-21)44-29(47)16-25(22-6-4-3-5-7-22)23-10-13-26(36)27(37)15-23/h3-13,15,19-20,25,28H,14,16-18H2,1-2H3,(H,43,49)(H,44,47)(H,45,48)/t25?,28-,32+/m0/s1. The highest BCUT2D eigenvalue weighted by atomic mass is 35.5. The van der Waals surface area contributed by atoms with Crippen molar-refractivity contribution in [3.63, 3.8) is 0 Å². The quantitative estimate of drug-likeness (QED) is 0.112. The highest BCUT2D eigenvalue weighted by Gasteiger charge is 2.51. The second-order valence-electron chi connectivity index (χ2n) is 11.8. The lowest BCUT2D eigenvalue weighted by molar-refractivity contribution is -0.160. The third-order valence-corrected chi connectivity index (χ3v) is 8.83. The number of hydrogen-bond donors (Lipinski definition) is 3. The van der Waals surface area contributed by atoms with Crippen molar-refractivity contribution in [2.24, 2.45) is 5.92 Å². The van der Waals surface area contributed by atoms with Crippen LogP contribution < -0.4 is 16.0 Å². The molecule has 7 nitrogen and oxygen atoms in total. The summed E-state index contributed by atoms with van der Waals surface area (Å²) in [6.07, 6.45) is -6.98.